The maximum Gasteiger partial charge on any atom is 2.00 e. The number of aromatic carboxylic acids is 2. The van der Waals surface area contributed by atoms with Gasteiger partial charge in [0.1, 0.15) is 23.0 Å². The van der Waals surface area contributed by atoms with E-state index < -0.39 is 11.9 Å². The molecule has 2 heterocycles. The number of carbonyl (C=O) groups is 2. The molecule has 0 aliphatic carbocycles. The first-order chi connectivity index (χ1) is 18.4. The maximum absolute atomic E-state index is 11.4. The molecule has 4 aromatic carbocycles. The monoisotopic (exact) mass is 620 g/mol. The molecule has 0 aromatic heterocycles. The summed E-state index contributed by atoms with van der Waals surface area (Å²) in [6.45, 7) is 3.87. The zero-order chi connectivity index (χ0) is 26.8. The summed E-state index contributed by atoms with van der Waals surface area (Å²) in [5.74, 6) is 0.575. The van der Waals surface area contributed by atoms with Crippen molar-refractivity contribution in [2.75, 3.05) is 0 Å². The molecule has 0 fully saturated rings. The molecule has 2 aliphatic rings. The Morgan fingerprint density at radius 2 is 1.00 bits per heavy atom. The number of hydrogen-bond donors (Lipinski definition) is 0. The SMILES string of the molecule is CCc1ccc2c(c1C(=O)[O-])Cc1ccccc1O2.CCc1ccc2c(c1C(=O)[O-])Cc1ccccc1O2.[Cd+2]. The molecule has 0 saturated heterocycles. The molecule has 192 valence electrons. The van der Waals surface area contributed by atoms with Crippen LogP contribution in [0.2, 0.25) is 0 Å². The number of aryl methyl sites for hydroxylation is 2. The molecule has 0 unspecified atom stereocenters. The molecule has 7 heteroatoms. The van der Waals surface area contributed by atoms with E-state index in [4.69, 9.17) is 9.47 Å². The standard InChI is InChI=1S/2C16H14O3.Cd/c2*1-2-10-7-8-14-12(15(10)16(17)18)9-11-5-3-4-6-13(11)19-14;/h2*3-8H,2,9H2,1H3,(H,17,18);/q;;+2/p-2. The average Bonchev–Trinajstić information content (AvgIpc) is 2.93. The Morgan fingerprint density at radius 1 is 0.615 bits per heavy atom. The van der Waals surface area contributed by atoms with Crippen LogP contribution in [-0.4, -0.2) is 11.9 Å². The van der Waals surface area contributed by atoms with E-state index in [-0.39, 0.29) is 38.4 Å². The van der Waals surface area contributed by atoms with Gasteiger partial charge in [0.25, 0.3) is 0 Å². The van der Waals surface area contributed by atoms with Gasteiger partial charge in [-0.25, -0.2) is 0 Å². The van der Waals surface area contributed by atoms with Crippen molar-refractivity contribution in [3.05, 3.63) is 117 Å². The van der Waals surface area contributed by atoms with Crippen molar-refractivity contribution >= 4 is 11.9 Å². The van der Waals surface area contributed by atoms with Crippen LogP contribution in [0, 0.1) is 0 Å². The van der Waals surface area contributed by atoms with Crippen molar-refractivity contribution in [3.8, 4) is 23.0 Å². The Bertz CT molecular complexity index is 1440. The molecule has 0 saturated carbocycles. The first-order valence-electron chi connectivity index (χ1n) is 12.6. The third-order valence-electron chi connectivity index (χ3n) is 7.00. The summed E-state index contributed by atoms with van der Waals surface area (Å²) in [5, 5.41) is 22.8. The minimum Gasteiger partial charge on any atom is -0.545 e. The van der Waals surface area contributed by atoms with Gasteiger partial charge in [0, 0.05) is 35.1 Å². The van der Waals surface area contributed by atoms with Crippen molar-refractivity contribution < 1.29 is 56.6 Å². The van der Waals surface area contributed by atoms with E-state index in [1.165, 1.54) is 0 Å². The summed E-state index contributed by atoms with van der Waals surface area (Å²) >= 11 is 0. The van der Waals surface area contributed by atoms with Gasteiger partial charge in [-0.2, -0.15) is 0 Å². The van der Waals surface area contributed by atoms with Crippen molar-refractivity contribution in [1.82, 2.24) is 0 Å². The number of benzene rings is 4. The van der Waals surface area contributed by atoms with Gasteiger partial charge in [-0.3, -0.25) is 0 Å². The second-order valence-corrected chi connectivity index (χ2v) is 9.21. The average molecular weight is 619 g/mol. The third-order valence-corrected chi connectivity index (χ3v) is 7.00. The molecule has 6 nitrogen and oxygen atoms in total. The fourth-order valence-electron chi connectivity index (χ4n) is 5.11. The fourth-order valence-corrected chi connectivity index (χ4v) is 5.11. The number of rotatable bonds is 4. The fraction of sp³-hybridized carbons (Fsp3) is 0.188. The van der Waals surface area contributed by atoms with Crippen LogP contribution in [0.5, 0.6) is 23.0 Å². The molecule has 0 amide bonds. The van der Waals surface area contributed by atoms with Crippen molar-refractivity contribution in [2.45, 2.75) is 39.5 Å². The molecule has 2 aliphatic heterocycles. The molecule has 0 spiro atoms. The van der Waals surface area contributed by atoms with Crippen LogP contribution in [-0.2, 0) is 53.0 Å². The van der Waals surface area contributed by atoms with E-state index in [2.05, 4.69) is 0 Å². The van der Waals surface area contributed by atoms with Gasteiger partial charge in [0.2, 0.25) is 0 Å². The van der Waals surface area contributed by atoms with Crippen LogP contribution in [0.25, 0.3) is 0 Å². The number of ether oxygens (including phenoxy) is 2. The molecule has 0 bridgehead atoms. The van der Waals surface area contributed by atoms with Crippen LogP contribution in [0.1, 0.15) is 67.9 Å². The van der Waals surface area contributed by atoms with Gasteiger partial charge in [-0.1, -0.05) is 62.4 Å². The zero-order valence-electron chi connectivity index (χ0n) is 21.9. The number of fused-ring (bicyclic) bond motifs is 4. The summed E-state index contributed by atoms with van der Waals surface area (Å²) in [6, 6.07) is 22.7. The Kier molecular flexibility index (Phi) is 8.74. The van der Waals surface area contributed by atoms with E-state index in [0.717, 1.165) is 44.9 Å². The molecule has 4 aromatic rings. The van der Waals surface area contributed by atoms with Crippen molar-refractivity contribution in [3.63, 3.8) is 0 Å². The second kappa shape index (κ2) is 12.0. The molecule has 0 radical (unpaired) electrons. The minimum atomic E-state index is -1.13. The predicted octanol–water partition coefficient (Wildman–Crippen LogP) is 4.62. The van der Waals surface area contributed by atoms with Gasteiger partial charge in [-0.15, -0.1) is 0 Å². The molecule has 6 rings (SSSR count). The molecule has 0 atom stereocenters. The van der Waals surface area contributed by atoms with Gasteiger partial charge in [0.15, 0.2) is 0 Å². The van der Waals surface area contributed by atoms with Crippen LogP contribution < -0.4 is 19.7 Å². The molecule has 39 heavy (non-hydrogen) atoms. The number of para-hydroxylation sites is 2. The first kappa shape index (κ1) is 28.4. The zero-order valence-corrected chi connectivity index (χ0v) is 25.9. The van der Waals surface area contributed by atoms with E-state index in [9.17, 15) is 19.8 Å². The largest absolute Gasteiger partial charge is 2.00 e. The van der Waals surface area contributed by atoms with Crippen molar-refractivity contribution in [1.29, 1.82) is 0 Å². The van der Waals surface area contributed by atoms with Gasteiger partial charge in [0.05, 0.1) is 11.9 Å². The van der Waals surface area contributed by atoms with E-state index >= 15 is 0 Å². The quantitative estimate of drug-likeness (QED) is 0.268. The summed E-state index contributed by atoms with van der Waals surface area (Å²) in [4.78, 5) is 22.8. The smallest absolute Gasteiger partial charge is 0.545 e. The predicted molar refractivity (Wildman–Crippen MR) is 139 cm³/mol. The van der Waals surface area contributed by atoms with Crippen LogP contribution in [0.3, 0.4) is 0 Å². The maximum atomic E-state index is 11.4. The van der Waals surface area contributed by atoms with Crippen LogP contribution >= 0.6 is 0 Å². The van der Waals surface area contributed by atoms with Gasteiger partial charge < -0.3 is 29.3 Å². The normalized spacial score (nSPS) is 11.9. The van der Waals surface area contributed by atoms with E-state index in [0.29, 0.717) is 37.2 Å². The number of carbonyl (C=O) groups excluding carboxylic acids is 2. The number of carboxylic acids is 2. The van der Waals surface area contributed by atoms with E-state index in [1.807, 2.05) is 74.5 Å². The number of carboxylic acid groups (broad SMARTS) is 2. The second-order valence-electron chi connectivity index (χ2n) is 9.21. The van der Waals surface area contributed by atoms with Crippen LogP contribution in [0.15, 0.2) is 72.8 Å². The van der Waals surface area contributed by atoms with Crippen molar-refractivity contribution in [2.24, 2.45) is 0 Å². The topological polar surface area (TPSA) is 98.7 Å². The summed E-state index contributed by atoms with van der Waals surface area (Å²) in [6.07, 6.45) is 2.47. The van der Waals surface area contributed by atoms with Gasteiger partial charge in [-0.05, 0) is 59.4 Å². The van der Waals surface area contributed by atoms with Gasteiger partial charge >= 0.3 is 27.3 Å². The summed E-state index contributed by atoms with van der Waals surface area (Å²) in [5.41, 5.74) is 5.61. The molecular formula is C32H26CdO6. The Hall–Kier alpha value is -3.66. The summed E-state index contributed by atoms with van der Waals surface area (Å²) < 4.78 is 11.6. The number of hydrogen-bond acceptors (Lipinski definition) is 6. The Balaban J connectivity index is 0.000000176. The first-order valence-corrected chi connectivity index (χ1v) is 12.6. The molecule has 0 N–H and O–H groups in total. The molecular weight excluding hydrogens is 593 g/mol. The Morgan fingerprint density at radius 3 is 1.36 bits per heavy atom. The van der Waals surface area contributed by atoms with Crippen LogP contribution in [0.4, 0.5) is 0 Å². The third kappa shape index (κ3) is 5.57. The Labute approximate surface area is 247 Å². The van der Waals surface area contributed by atoms with E-state index in [1.54, 1.807) is 12.1 Å². The summed E-state index contributed by atoms with van der Waals surface area (Å²) in [7, 11) is 0. The minimum absolute atomic E-state index is 0.